The maximum absolute atomic E-state index is 13.4. The third-order valence-electron chi connectivity index (χ3n) is 6.72. The lowest BCUT2D eigenvalue weighted by atomic mass is 9.75. The summed E-state index contributed by atoms with van der Waals surface area (Å²) in [4.78, 5) is 27.6. The number of anilines is 2. The minimum atomic E-state index is -0.723. The molecule has 3 N–H and O–H groups in total. The fourth-order valence-electron chi connectivity index (χ4n) is 4.91. The van der Waals surface area contributed by atoms with Crippen molar-refractivity contribution in [2.24, 2.45) is 5.73 Å². The number of allylic oxidation sites excluding steroid dienone is 3. The number of nitrogens with one attached hydrogen (secondary N) is 1. The van der Waals surface area contributed by atoms with Gasteiger partial charge in [-0.25, -0.2) is 0 Å². The SMILES string of the molecule is COc1ccc(OC)c(C2C(C#N)=C(N)N(c3nnc(SCC(=O)Nc4ccccc4Cl)s3)C3=C2C(=O)CCC3)c1. The Morgan fingerprint density at radius 3 is 2.78 bits per heavy atom. The first kappa shape index (κ1) is 28.5. The molecule has 2 aromatic carbocycles. The molecule has 2 aliphatic rings. The highest BCUT2D eigenvalue weighted by Gasteiger charge is 2.42. The van der Waals surface area contributed by atoms with Gasteiger partial charge in [0.15, 0.2) is 10.1 Å². The molecule has 0 radical (unpaired) electrons. The summed E-state index contributed by atoms with van der Waals surface area (Å²) in [7, 11) is 3.08. The van der Waals surface area contributed by atoms with E-state index >= 15 is 0 Å². The third kappa shape index (κ3) is 5.61. The predicted molar refractivity (Wildman–Crippen MR) is 158 cm³/mol. The van der Waals surface area contributed by atoms with Gasteiger partial charge in [-0.15, -0.1) is 10.2 Å². The number of carbonyl (C=O) groups excluding carboxylic acids is 2. The molecule has 1 amide bonds. The fourth-order valence-corrected chi connectivity index (χ4v) is 6.77. The molecule has 1 aliphatic carbocycles. The molecule has 0 bridgehead atoms. The molecule has 13 heteroatoms. The van der Waals surface area contributed by atoms with Crippen LogP contribution in [0.5, 0.6) is 11.5 Å². The van der Waals surface area contributed by atoms with Crippen LogP contribution in [0, 0.1) is 11.3 Å². The monoisotopic (exact) mass is 608 g/mol. The van der Waals surface area contributed by atoms with Crippen molar-refractivity contribution < 1.29 is 19.1 Å². The van der Waals surface area contributed by atoms with Crippen LogP contribution in [0.25, 0.3) is 0 Å². The van der Waals surface area contributed by atoms with E-state index in [1.165, 1.54) is 30.2 Å². The zero-order valence-corrected chi connectivity index (χ0v) is 24.5. The summed E-state index contributed by atoms with van der Waals surface area (Å²) < 4.78 is 11.6. The van der Waals surface area contributed by atoms with Crippen LogP contribution in [0.2, 0.25) is 5.02 Å². The molecule has 41 heavy (non-hydrogen) atoms. The summed E-state index contributed by atoms with van der Waals surface area (Å²) in [6.45, 7) is 0. The molecular weight excluding hydrogens is 584 g/mol. The number of hydrogen-bond acceptors (Lipinski definition) is 11. The van der Waals surface area contributed by atoms with E-state index in [9.17, 15) is 14.9 Å². The molecule has 0 spiro atoms. The van der Waals surface area contributed by atoms with E-state index in [2.05, 4.69) is 21.6 Å². The average Bonchev–Trinajstić information content (AvgIpc) is 3.45. The lowest BCUT2D eigenvalue weighted by Crippen LogP contribution is -2.38. The molecule has 1 atom stereocenters. The second kappa shape index (κ2) is 12.2. The molecule has 1 aliphatic heterocycles. The number of rotatable bonds is 8. The van der Waals surface area contributed by atoms with Crippen molar-refractivity contribution in [3.8, 4) is 17.6 Å². The van der Waals surface area contributed by atoms with Gasteiger partial charge in [-0.1, -0.05) is 46.8 Å². The number of para-hydroxylation sites is 1. The molecule has 2 heterocycles. The molecule has 3 aromatic rings. The Balaban J connectivity index is 1.47. The number of hydrogen-bond donors (Lipinski definition) is 2. The molecule has 1 unspecified atom stereocenters. The van der Waals surface area contributed by atoms with Crippen LogP contribution in [-0.2, 0) is 9.59 Å². The highest BCUT2D eigenvalue weighted by atomic mass is 35.5. The molecular formula is C28H25ClN6O4S2. The van der Waals surface area contributed by atoms with Crippen LogP contribution in [0.3, 0.4) is 0 Å². The number of amides is 1. The number of carbonyl (C=O) groups is 2. The number of ketones is 1. The average molecular weight is 609 g/mol. The Kier molecular flexibility index (Phi) is 8.49. The first-order valence-corrected chi connectivity index (χ1v) is 14.7. The van der Waals surface area contributed by atoms with Gasteiger partial charge in [0.05, 0.1) is 48.2 Å². The lowest BCUT2D eigenvalue weighted by Gasteiger charge is -2.38. The van der Waals surface area contributed by atoms with Gasteiger partial charge in [-0.2, -0.15) is 5.26 Å². The van der Waals surface area contributed by atoms with Crippen molar-refractivity contribution in [1.29, 1.82) is 5.26 Å². The third-order valence-corrected chi connectivity index (χ3v) is 9.09. The van der Waals surface area contributed by atoms with E-state index < -0.39 is 5.92 Å². The van der Waals surface area contributed by atoms with Gasteiger partial charge in [0, 0.05) is 23.3 Å². The smallest absolute Gasteiger partial charge is 0.234 e. The Bertz CT molecular complexity index is 1630. The number of nitrogens with zero attached hydrogens (tertiary/aromatic N) is 4. The van der Waals surface area contributed by atoms with Crippen LogP contribution >= 0.6 is 34.7 Å². The molecule has 0 saturated heterocycles. The van der Waals surface area contributed by atoms with Gasteiger partial charge >= 0.3 is 0 Å². The first-order valence-electron chi connectivity index (χ1n) is 12.5. The van der Waals surface area contributed by atoms with E-state index in [1.54, 1.807) is 54.5 Å². The topological polar surface area (TPSA) is 143 Å². The number of ether oxygens (including phenoxy) is 2. The highest BCUT2D eigenvalue weighted by Crippen LogP contribution is 2.49. The van der Waals surface area contributed by atoms with Crippen LogP contribution < -0.4 is 25.4 Å². The van der Waals surface area contributed by atoms with Crippen LogP contribution in [-0.4, -0.2) is 41.9 Å². The largest absolute Gasteiger partial charge is 0.497 e. The van der Waals surface area contributed by atoms with Crippen molar-refractivity contribution in [3.05, 3.63) is 75.7 Å². The van der Waals surface area contributed by atoms with Gasteiger partial charge in [-0.05, 0) is 43.2 Å². The number of nitrogens with two attached hydrogens (primary N) is 1. The summed E-state index contributed by atoms with van der Waals surface area (Å²) in [5, 5.41) is 22.5. The van der Waals surface area contributed by atoms with Crippen LogP contribution in [0.15, 0.2) is 69.5 Å². The number of nitriles is 1. The second-order valence-corrected chi connectivity index (χ2v) is 11.7. The maximum Gasteiger partial charge on any atom is 0.234 e. The van der Waals surface area contributed by atoms with Gasteiger partial charge in [-0.3, -0.25) is 14.5 Å². The number of aromatic nitrogens is 2. The van der Waals surface area contributed by atoms with Crippen molar-refractivity contribution in [2.45, 2.75) is 29.5 Å². The van der Waals surface area contributed by atoms with Crippen molar-refractivity contribution in [3.63, 3.8) is 0 Å². The van der Waals surface area contributed by atoms with Crippen molar-refractivity contribution in [2.75, 3.05) is 30.2 Å². The van der Waals surface area contributed by atoms with E-state index in [4.69, 9.17) is 26.8 Å². The van der Waals surface area contributed by atoms with Gasteiger partial charge in [0.2, 0.25) is 11.0 Å². The Morgan fingerprint density at radius 1 is 1.24 bits per heavy atom. The van der Waals surface area contributed by atoms with Gasteiger partial charge < -0.3 is 20.5 Å². The molecule has 210 valence electrons. The molecule has 0 saturated carbocycles. The standard InChI is InChI=1S/C28H25ClN6O4S2/c1-38-15-10-11-22(39-2)16(12-15)24-17(13-30)26(31)35(20-8-5-9-21(36)25(20)24)27-33-34-28(41-27)40-14-23(37)32-19-7-4-3-6-18(19)29/h3-4,6-7,10-12,24H,5,8-9,14,31H2,1-2H3,(H,32,37). The second-order valence-electron chi connectivity index (χ2n) is 9.09. The van der Waals surface area contributed by atoms with E-state index in [0.717, 1.165) is 0 Å². The Hall–Kier alpha value is -4.05. The minimum absolute atomic E-state index is 0.0678. The summed E-state index contributed by atoms with van der Waals surface area (Å²) in [5.74, 6) is 0.287. The first-order chi connectivity index (χ1) is 19.9. The molecule has 1 aromatic heterocycles. The number of halogens is 1. The van der Waals surface area contributed by atoms with Crippen LogP contribution in [0.1, 0.15) is 30.7 Å². The zero-order valence-electron chi connectivity index (χ0n) is 22.1. The van der Waals surface area contributed by atoms with Gasteiger partial charge in [0.1, 0.15) is 17.3 Å². The van der Waals surface area contributed by atoms with Crippen molar-refractivity contribution >= 4 is 57.2 Å². The Morgan fingerprint density at radius 2 is 2.05 bits per heavy atom. The minimum Gasteiger partial charge on any atom is -0.497 e. The number of Topliss-reactive ketones (excluding diaryl/α,β-unsaturated/α-hetero) is 1. The predicted octanol–water partition coefficient (Wildman–Crippen LogP) is 5.24. The summed E-state index contributed by atoms with van der Waals surface area (Å²) in [6.07, 6.45) is 1.55. The summed E-state index contributed by atoms with van der Waals surface area (Å²) >= 11 is 8.56. The maximum atomic E-state index is 13.4. The quantitative estimate of drug-likeness (QED) is 0.326. The lowest BCUT2D eigenvalue weighted by molar-refractivity contribution is -0.116. The van der Waals surface area contributed by atoms with Crippen LogP contribution in [0.4, 0.5) is 10.8 Å². The number of methoxy groups -OCH3 is 2. The summed E-state index contributed by atoms with van der Waals surface area (Å²) in [5.41, 5.74) is 9.17. The van der Waals surface area contributed by atoms with Crippen molar-refractivity contribution in [1.82, 2.24) is 10.2 Å². The zero-order chi connectivity index (χ0) is 29.1. The normalized spacial score (nSPS) is 16.8. The number of benzene rings is 2. The van der Waals surface area contributed by atoms with E-state index in [0.29, 0.717) is 67.8 Å². The van der Waals surface area contributed by atoms with Gasteiger partial charge in [0.25, 0.3) is 0 Å². The Labute approximate surface area is 249 Å². The number of thioether (sulfide) groups is 1. The highest BCUT2D eigenvalue weighted by molar-refractivity contribution is 8.01. The van der Waals surface area contributed by atoms with E-state index in [1.807, 2.05) is 0 Å². The van der Waals surface area contributed by atoms with E-state index in [-0.39, 0.29) is 28.8 Å². The fraction of sp³-hybridized carbons (Fsp3) is 0.250. The molecule has 10 nitrogen and oxygen atoms in total. The molecule has 0 fully saturated rings. The molecule has 5 rings (SSSR count). The summed E-state index contributed by atoms with van der Waals surface area (Å²) in [6, 6.07) is 14.5.